The summed E-state index contributed by atoms with van der Waals surface area (Å²) in [5.41, 5.74) is 1.38. The Morgan fingerprint density at radius 1 is 1.33 bits per heavy atom. The first-order valence-electron chi connectivity index (χ1n) is 7.83. The number of benzene rings is 1. The number of H-pyrrole nitrogens is 1. The molecule has 0 saturated heterocycles. The monoisotopic (exact) mass is 353 g/mol. The normalized spacial score (nSPS) is 14.9. The summed E-state index contributed by atoms with van der Waals surface area (Å²) in [6, 6.07) is 2.09. The molecule has 24 heavy (non-hydrogen) atoms. The maximum Gasteiger partial charge on any atom is 0.254 e. The van der Waals surface area contributed by atoms with Crippen LogP contribution >= 0.6 is 11.6 Å². The van der Waals surface area contributed by atoms with Gasteiger partial charge in [-0.25, -0.2) is 13.8 Å². The van der Waals surface area contributed by atoms with Crippen molar-refractivity contribution in [3.8, 4) is 0 Å². The largest absolute Gasteiger partial charge is 0.310 e. The molecule has 0 bridgehead atoms. The highest BCUT2D eigenvalue weighted by atomic mass is 35.5. The van der Waals surface area contributed by atoms with Gasteiger partial charge in [0.25, 0.3) is 5.56 Å². The van der Waals surface area contributed by atoms with Crippen molar-refractivity contribution in [2.45, 2.75) is 39.3 Å². The third kappa shape index (κ3) is 3.21. The van der Waals surface area contributed by atoms with Crippen LogP contribution in [0.3, 0.4) is 0 Å². The van der Waals surface area contributed by atoms with Crippen LogP contribution in [-0.2, 0) is 19.5 Å². The van der Waals surface area contributed by atoms with E-state index in [2.05, 4.69) is 9.97 Å². The maximum atomic E-state index is 14.0. The van der Waals surface area contributed by atoms with Gasteiger partial charge in [0.15, 0.2) is 0 Å². The van der Waals surface area contributed by atoms with Gasteiger partial charge in [-0.05, 0) is 18.6 Å². The van der Waals surface area contributed by atoms with E-state index in [4.69, 9.17) is 11.6 Å². The fourth-order valence-electron chi connectivity index (χ4n) is 2.86. The maximum absolute atomic E-state index is 14.0. The van der Waals surface area contributed by atoms with Crippen LogP contribution in [0.5, 0.6) is 0 Å². The number of nitrogens with zero attached hydrogens (tertiary/aromatic N) is 2. The molecular formula is C17H18ClF2N3O. The summed E-state index contributed by atoms with van der Waals surface area (Å²) in [4.78, 5) is 21.4. The van der Waals surface area contributed by atoms with E-state index in [9.17, 15) is 13.6 Å². The number of aromatic amines is 1. The molecule has 0 fully saturated rings. The Labute approximate surface area is 143 Å². The number of hydrogen-bond acceptors (Lipinski definition) is 3. The van der Waals surface area contributed by atoms with Crippen LogP contribution in [0.25, 0.3) is 0 Å². The highest BCUT2D eigenvalue weighted by Crippen LogP contribution is 2.26. The van der Waals surface area contributed by atoms with Crippen molar-refractivity contribution in [2.75, 3.05) is 6.54 Å². The van der Waals surface area contributed by atoms with E-state index in [1.54, 1.807) is 0 Å². The van der Waals surface area contributed by atoms with Crippen molar-refractivity contribution in [3.63, 3.8) is 0 Å². The average molecular weight is 354 g/mol. The number of nitrogens with one attached hydrogen (secondary N) is 1. The lowest BCUT2D eigenvalue weighted by Crippen LogP contribution is -2.35. The Hall–Kier alpha value is -1.79. The van der Waals surface area contributed by atoms with Crippen LogP contribution < -0.4 is 5.56 Å². The first-order valence-corrected chi connectivity index (χ1v) is 8.21. The number of fused-ring (bicyclic) bond motifs is 1. The van der Waals surface area contributed by atoms with Crippen molar-refractivity contribution in [3.05, 3.63) is 61.8 Å². The van der Waals surface area contributed by atoms with Gasteiger partial charge in [0.2, 0.25) is 0 Å². The van der Waals surface area contributed by atoms with Gasteiger partial charge < -0.3 is 4.98 Å². The molecule has 3 rings (SSSR count). The third-order valence-electron chi connectivity index (χ3n) is 4.24. The molecule has 1 aromatic heterocycles. The van der Waals surface area contributed by atoms with E-state index in [1.807, 2.05) is 18.7 Å². The first kappa shape index (κ1) is 17.0. The highest BCUT2D eigenvalue weighted by Gasteiger charge is 2.23. The van der Waals surface area contributed by atoms with Crippen LogP contribution in [0.15, 0.2) is 16.9 Å². The SMILES string of the molecule is CC(C)c1nc2c(c(=O)[nH]1)CCN(Cc1c(F)ccc(F)c1Cl)C2. The Kier molecular flexibility index (Phi) is 4.69. The fraction of sp³-hybridized carbons (Fsp3) is 0.412. The van der Waals surface area contributed by atoms with E-state index < -0.39 is 11.6 Å². The summed E-state index contributed by atoms with van der Waals surface area (Å²) < 4.78 is 27.5. The van der Waals surface area contributed by atoms with E-state index >= 15 is 0 Å². The molecule has 128 valence electrons. The van der Waals surface area contributed by atoms with Gasteiger partial charge in [0.1, 0.15) is 17.5 Å². The Morgan fingerprint density at radius 3 is 2.75 bits per heavy atom. The van der Waals surface area contributed by atoms with Crippen LogP contribution in [0.4, 0.5) is 8.78 Å². The zero-order valence-corrected chi connectivity index (χ0v) is 14.3. The second-order valence-corrected chi connectivity index (χ2v) is 6.69. The Morgan fingerprint density at radius 2 is 2.04 bits per heavy atom. The summed E-state index contributed by atoms with van der Waals surface area (Å²) in [6.07, 6.45) is 0.518. The van der Waals surface area contributed by atoms with Crippen LogP contribution in [0.1, 0.15) is 42.4 Å². The quantitative estimate of drug-likeness (QED) is 0.860. The molecule has 2 aromatic rings. The number of hydrogen-bond donors (Lipinski definition) is 1. The standard InChI is InChI=1S/C17H18ClF2N3O/c1-9(2)16-21-14-8-23(6-5-10(14)17(24)22-16)7-11-12(19)3-4-13(20)15(11)18/h3-4,9H,5-8H2,1-2H3,(H,21,22,24). The average Bonchev–Trinajstić information content (AvgIpc) is 2.54. The van der Waals surface area contributed by atoms with Gasteiger partial charge in [-0.1, -0.05) is 25.4 Å². The predicted molar refractivity (Wildman–Crippen MR) is 88.1 cm³/mol. The highest BCUT2D eigenvalue weighted by molar-refractivity contribution is 6.31. The number of rotatable bonds is 3. The molecule has 0 unspecified atom stereocenters. The van der Waals surface area contributed by atoms with Crippen molar-refractivity contribution in [1.82, 2.24) is 14.9 Å². The minimum absolute atomic E-state index is 0.105. The summed E-state index contributed by atoms with van der Waals surface area (Å²) in [5, 5.41) is -0.192. The minimum Gasteiger partial charge on any atom is -0.310 e. The molecule has 0 spiro atoms. The van der Waals surface area contributed by atoms with Gasteiger partial charge in [0, 0.05) is 36.7 Å². The van der Waals surface area contributed by atoms with Crippen molar-refractivity contribution < 1.29 is 8.78 Å². The molecule has 0 saturated carbocycles. The summed E-state index contributed by atoms with van der Waals surface area (Å²) in [5.74, 6) is -0.430. The van der Waals surface area contributed by atoms with E-state index in [-0.39, 0.29) is 28.6 Å². The molecule has 1 N–H and O–H groups in total. The minimum atomic E-state index is -0.637. The lowest BCUT2D eigenvalue weighted by molar-refractivity contribution is 0.236. The topological polar surface area (TPSA) is 49.0 Å². The van der Waals surface area contributed by atoms with Gasteiger partial charge >= 0.3 is 0 Å². The van der Waals surface area contributed by atoms with Crippen LogP contribution in [0, 0.1) is 11.6 Å². The van der Waals surface area contributed by atoms with Crippen molar-refractivity contribution >= 4 is 11.6 Å². The molecule has 7 heteroatoms. The fourth-order valence-corrected chi connectivity index (χ4v) is 3.07. The molecule has 4 nitrogen and oxygen atoms in total. The third-order valence-corrected chi connectivity index (χ3v) is 4.65. The van der Waals surface area contributed by atoms with E-state index in [1.165, 1.54) is 0 Å². The van der Waals surface area contributed by atoms with Gasteiger partial charge in [0.05, 0.1) is 10.7 Å². The van der Waals surface area contributed by atoms with Crippen molar-refractivity contribution in [2.24, 2.45) is 0 Å². The summed E-state index contributed by atoms with van der Waals surface area (Å²) in [7, 11) is 0. The van der Waals surface area contributed by atoms with Crippen molar-refractivity contribution in [1.29, 1.82) is 0 Å². The van der Waals surface area contributed by atoms with Gasteiger partial charge in [-0.3, -0.25) is 9.69 Å². The molecule has 1 aliphatic rings. The lowest BCUT2D eigenvalue weighted by Gasteiger charge is -2.28. The summed E-state index contributed by atoms with van der Waals surface area (Å²) in [6.45, 7) is 5.05. The Bertz CT molecular complexity index is 835. The van der Waals surface area contributed by atoms with Crippen LogP contribution in [0.2, 0.25) is 5.02 Å². The smallest absolute Gasteiger partial charge is 0.254 e. The predicted octanol–water partition coefficient (Wildman–Crippen LogP) is 3.38. The van der Waals surface area contributed by atoms with E-state index in [0.29, 0.717) is 36.6 Å². The molecule has 0 aliphatic carbocycles. The van der Waals surface area contributed by atoms with Gasteiger partial charge in [-0.15, -0.1) is 0 Å². The second kappa shape index (κ2) is 6.61. The van der Waals surface area contributed by atoms with Crippen LogP contribution in [-0.4, -0.2) is 21.4 Å². The second-order valence-electron chi connectivity index (χ2n) is 6.31. The molecule has 2 heterocycles. The number of aromatic nitrogens is 2. The Balaban J connectivity index is 1.88. The molecular weight excluding hydrogens is 336 g/mol. The zero-order valence-electron chi connectivity index (χ0n) is 13.5. The molecule has 0 amide bonds. The molecule has 1 aromatic carbocycles. The lowest BCUT2D eigenvalue weighted by atomic mass is 10.0. The molecule has 0 radical (unpaired) electrons. The summed E-state index contributed by atoms with van der Waals surface area (Å²) >= 11 is 5.90. The molecule has 0 atom stereocenters. The van der Waals surface area contributed by atoms with E-state index in [0.717, 1.165) is 12.1 Å². The first-order chi connectivity index (χ1) is 11.4. The zero-order chi connectivity index (χ0) is 17.4. The van der Waals surface area contributed by atoms with Gasteiger partial charge in [-0.2, -0.15) is 0 Å². The number of halogens is 3. The molecule has 1 aliphatic heterocycles.